The van der Waals surface area contributed by atoms with Gasteiger partial charge in [0, 0.05) is 6.42 Å². The number of benzene rings is 1. The minimum atomic E-state index is -1.35. The molecule has 11 heteroatoms. The van der Waals surface area contributed by atoms with E-state index in [-0.39, 0.29) is 12.8 Å². The maximum atomic E-state index is 13.0. The van der Waals surface area contributed by atoms with Gasteiger partial charge in [-0.1, -0.05) is 30.3 Å². The van der Waals surface area contributed by atoms with E-state index < -0.39 is 54.0 Å². The second-order valence-electron chi connectivity index (χ2n) is 7.95. The lowest BCUT2D eigenvalue weighted by Gasteiger charge is -2.26. The highest BCUT2D eigenvalue weighted by Gasteiger charge is 2.32. The first-order valence-electron chi connectivity index (χ1n) is 10.9. The van der Waals surface area contributed by atoms with Crippen LogP contribution in [0.25, 0.3) is 0 Å². The fourth-order valence-corrected chi connectivity index (χ4v) is 3.03. The van der Waals surface area contributed by atoms with E-state index in [1.807, 2.05) is 0 Å². The molecule has 0 aliphatic carbocycles. The van der Waals surface area contributed by atoms with Crippen molar-refractivity contribution >= 4 is 23.7 Å². The molecular weight excluding hydrogens is 430 g/mol. The third-order valence-electron chi connectivity index (χ3n) is 4.95. The Bertz CT molecular complexity index is 787. The monoisotopic (exact) mass is 465 g/mol. The molecule has 33 heavy (non-hydrogen) atoms. The summed E-state index contributed by atoms with van der Waals surface area (Å²) in [6.45, 7) is 3.14. The summed E-state index contributed by atoms with van der Waals surface area (Å²) in [6.07, 6.45) is 0.110. The second-order valence-corrected chi connectivity index (χ2v) is 7.95. The Hall–Kier alpha value is -3.02. The number of aliphatic carboxylic acids is 1. The van der Waals surface area contributed by atoms with Gasteiger partial charge in [-0.15, -0.1) is 0 Å². The first-order chi connectivity index (χ1) is 15.6. The van der Waals surface area contributed by atoms with Crippen molar-refractivity contribution in [3.8, 4) is 0 Å². The molecule has 9 N–H and O–H groups in total. The molecule has 0 aromatic heterocycles. The number of carbonyl (C=O) groups excluding carboxylic acids is 3. The van der Waals surface area contributed by atoms with E-state index in [1.165, 1.54) is 13.8 Å². The van der Waals surface area contributed by atoms with Gasteiger partial charge in [-0.05, 0) is 45.2 Å². The van der Waals surface area contributed by atoms with Crippen LogP contribution in [0.15, 0.2) is 30.3 Å². The molecule has 3 amide bonds. The predicted molar refractivity (Wildman–Crippen MR) is 122 cm³/mol. The van der Waals surface area contributed by atoms with Crippen LogP contribution in [0, 0.1) is 0 Å². The summed E-state index contributed by atoms with van der Waals surface area (Å²) in [7, 11) is 0. The first kappa shape index (κ1) is 28.0. The van der Waals surface area contributed by atoms with Crippen molar-refractivity contribution in [3.63, 3.8) is 0 Å². The molecule has 0 bridgehead atoms. The van der Waals surface area contributed by atoms with Crippen LogP contribution < -0.4 is 27.4 Å². The van der Waals surface area contributed by atoms with E-state index in [2.05, 4.69) is 16.0 Å². The van der Waals surface area contributed by atoms with Gasteiger partial charge in [0.25, 0.3) is 0 Å². The van der Waals surface area contributed by atoms with Gasteiger partial charge in [-0.25, -0.2) is 4.79 Å². The van der Waals surface area contributed by atoms with Gasteiger partial charge in [-0.3, -0.25) is 14.4 Å². The van der Waals surface area contributed by atoms with Crippen LogP contribution in [0.1, 0.15) is 38.7 Å². The number of aliphatic hydroxyl groups excluding tert-OH is 1. The summed E-state index contributed by atoms with van der Waals surface area (Å²) in [5.74, 6) is -3.34. The van der Waals surface area contributed by atoms with Gasteiger partial charge in [0.2, 0.25) is 17.7 Å². The van der Waals surface area contributed by atoms with Crippen LogP contribution in [-0.4, -0.2) is 70.7 Å². The van der Waals surface area contributed by atoms with E-state index >= 15 is 0 Å². The lowest BCUT2D eigenvalue weighted by atomic mass is 10.0. The highest BCUT2D eigenvalue weighted by atomic mass is 16.4. The molecule has 11 nitrogen and oxygen atoms in total. The molecular formula is C22H35N5O6. The highest BCUT2D eigenvalue weighted by Crippen LogP contribution is 2.07. The quantitative estimate of drug-likeness (QED) is 0.163. The molecule has 0 heterocycles. The molecule has 5 unspecified atom stereocenters. The van der Waals surface area contributed by atoms with Crippen molar-refractivity contribution in [1.82, 2.24) is 16.0 Å². The van der Waals surface area contributed by atoms with Crippen molar-refractivity contribution in [2.24, 2.45) is 11.5 Å². The average Bonchev–Trinajstić information content (AvgIpc) is 2.76. The Morgan fingerprint density at radius 1 is 0.909 bits per heavy atom. The number of rotatable bonds is 14. The van der Waals surface area contributed by atoms with E-state index in [0.717, 1.165) is 5.56 Å². The summed E-state index contributed by atoms with van der Waals surface area (Å²) >= 11 is 0. The number of hydrogen-bond donors (Lipinski definition) is 7. The van der Waals surface area contributed by atoms with Gasteiger partial charge in [0.05, 0.1) is 12.1 Å². The Balaban J connectivity index is 3.04. The number of nitrogens with one attached hydrogen (secondary N) is 3. The standard InChI is InChI=1S/C22H35N5O6/c1-13(24)19(29)27-18(14(2)28)21(31)26-17(12-15-8-4-3-5-9-15)20(30)25-16(22(32)33)10-6-7-11-23/h3-5,8-9,13-14,16-18,28H,6-7,10-12,23-24H2,1-2H3,(H,25,30)(H,26,31)(H,27,29)(H,32,33). The molecule has 0 saturated heterocycles. The van der Waals surface area contributed by atoms with Crippen molar-refractivity contribution in [2.75, 3.05) is 6.54 Å². The summed E-state index contributed by atoms with van der Waals surface area (Å²) < 4.78 is 0. The topological polar surface area (TPSA) is 197 Å². The molecule has 0 aliphatic rings. The fraction of sp³-hybridized carbons (Fsp3) is 0.545. The second kappa shape index (κ2) is 14.2. The number of nitrogens with two attached hydrogens (primary N) is 2. The van der Waals surface area contributed by atoms with Crippen molar-refractivity contribution < 1.29 is 29.4 Å². The largest absolute Gasteiger partial charge is 0.480 e. The fourth-order valence-electron chi connectivity index (χ4n) is 3.03. The van der Waals surface area contributed by atoms with Crippen LogP contribution in [0.5, 0.6) is 0 Å². The Morgan fingerprint density at radius 2 is 1.52 bits per heavy atom. The molecule has 1 rings (SSSR count). The first-order valence-corrected chi connectivity index (χ1v) is 10.9. The molecule has 1 aromatic carbocycles. The normalized spacial score (nSPS) is 15.4. The SMILES string of the molecule is CC(N)C(=O)NC(C(=O)NC(Cc1ccccc1)C(=O)NC(CCCCN)C(=O)O)C(C)O. The lowest BCUT2D eigenvalue weighted by Crippen LogP contribution is -2.60. The van der Waals surface area contributed by atoms with Crippen LogP contribution in [0.3, 0.4) is 0 Å². The summed E-state index contributed by atoms with van der Waals surface area (Å²) in [5.41, 5.74) is 11.7. The number of unbranched alkanes of at least 4 members (excludes halogenated alkanes) is 1. The number of aliphatic hydroxyl groups is 1. The minimum Gasteiger partial charge on any atom is -0.480 e. The number of carbonyl (C=O) groups is 4. The minimum absolute atomic E-state index is 0.0708. The molecule has 184 valence electrons. The maximum Gasteiger partial charge on any atom is 0.326 e. The van der Waals surface area contributed by atoms with E-state index in [1.54, 1.807) is 30.3 Å². The van der Waals surface area contributed by atoms with Crippen molar-refractivity contribution in [2.45, 2.75) is 69.8 Å². The lowest BCUT2D eigenvalue weighted by molar-refractivity contribution is -0.142. The van der Waals surface area contributed by atoms with Gasteiger partial charge < -0.3 is 37.6 Å². The zero-order valence-electron chi connectivity index (χ0n) is 19.0. The smallest absolute Gasteiger partial charge is 0.326 e. The molecule has 0 aliphatic heterocycles. The average molecular weight is 466 g/mol. The van der Waals surface area contributed by atoms with E-state index in [4.69, 9.17) is 11.5 Å². The number of hydrogen-bond acceptors (Lipinski definition) is 7. The van der Waals surface area contributed by atoms with Gasteiger partial charge in [0.15, 0.2) is 0 Å². The van der Waals surface area contributed by atoms with Crippen molar-refractivity contribution in [3.05, 3.63) is 35.9 Å². The molecule has 1 aromatic rings. The van der Waals surface area contributed by atoms with Crippen LogP contribution in [0.2, 0.25) is 0 Å². The van der Waals surface area contributed by atoms with Crippen molar-refractivity contribution in [1.29, 1.82) is 0 Å². The molecule has 0 saturated carbocycles. The third kappa shape index (κ3) is 9.98. The molecule has 5 atom stereocenters. The molecule has 0 radical (unpaired) electrons. The van der Waals surface area contributed by atoms with Gasteiger partial charge in [-0.2, -0.15) is 0 Å². The number of carboxylic acid groups (broad SMARTS) is 1. The number of carboxylic acids is 1. The molecule has 0 spiro atoms. The van der Waals surface area contributed by atoms with Gasteiger partial charge >= 0.3 is 5.97 Å². The summed E-state index contributed by atoms with van der Waals surface area (Å²) in [6, 6.07) is 4.28. The predicted octanol–water partition coefficient (Wildman–Crippen LogP) is -1.37. The third-order valence-corrected chi connectivity index (χ3v) is 4.95. The van der Waals surface area contributed by atoms with Crippen LogP contribution in [-0.2, 0) is 25.6 Å². The zero-order valence-corrected chi connectivity index (χ0v) is 19.0. The number of amides is 3. The van der Waals surface area contributed by atoms with Crippen LogP contribution >= 0.6 is 0 Å². The Labute approximate surface area is 193 Å². The summed E-state index contributed by atoms with van der Waals surface area (Å²) in [5, 5.41) is 26.8. The van der Waals surface area contributed by atoms with E-state index in [9.17, 15) is 29.4 Å². The summed E-state index contributed by atoms with van der Waals surface area (Å²) in [4.78, 5) is 49.3. The van der Waals surface area contributed by atoms with Gasteiger partial charge in [0.1, 0.15) is 18.1 Å². The maximum absolute atomic E-state index is 13.0. The van der Waals surface area contributed by atoms with Crippen LogP contribution in [0.4, 0.5) is 0 Å². The Kier molecular flexibility index (Phi) is 12.0. The zero-order chi connectivity index (χ0) is 25.0. The Morgan fingerprint density at radius 3 is 2.03 bits per heavy atom. The van der Waals surface area contributed by atoms with E-state index in [0.29, 0.717) is 19.4 Å². The molecule has 0 fully saturated rings. The highest BCUT2D eigenvalue weighted by molar-refractivity contribution is 5.94.